The van der Waals surface area contributed by atoms with E-state index in [1.54, 1.807) is 0 Å². The van der Waals surface area contributed by atoms with Crippen LogP contribution in [-0.4, -0.2) is 25.3 Å². The van der Waals surface area contributed by atoms with Gasteiger partial charge in [-0.3, -0.25) is 0 Å². The summed E-state index contributed by atoms with van der Waals surface area (Å²) in [5, 5.41) is 3.74. The van der Waals surface area contributed by atoms with Crippen molar-refractivity contribution in [3.8, 4) is 0 Å². The van der Waals surface area contributed by atoms with Crippen LogP contribution in [0.15, 0.2) is 0 Å². The summed E-state index contributed by atoms with van der Waals surface area (Å²) in [7, 11) is 0. The van der Waals surface area contributed by atoms with Crippen LogP contribution in [0.4, 0.5) is 0 Å². The van der Waals surface area contributed by atoms with Crippen LogP contribution in [0.25, 0.3) is 0 Å². The van der Waals surface area contributed by atoms with E-state index in [4.69, 9.17) is 4.74 Å². The van der Waals surface area contributed by atoms with Gasteiger partial charge in [0.25, 0.3) is 0 Å². The first-order valence-corrected chi connectivity index (χ1v) is 8.25. The molecule has 0 amide bonds. The first-order valence-electron chi connectivity index (χ1n) is 8.25. The Kier molecular flexibility index (Phi) is 6.50. The van der Waals surface area contributed by atoms with Crippen LogP contribution in [0, 0.1) is 5.92 Å². The maximum atomic E-state index is 5.67. The molecule has 1 heterocycles. The van der Waals surface area contributed by atoms with Gasteiger partial charge in [-0.25, -0.2) is 0 Å². The Morgan fingerprint density at radius 1 is 1.17 bits per heavy atom. The van der Waals surface area contributed by atoms with E-state index in [0.717, 1.165) is 18.6 Å². The standard InChI is InChI=1S/C16H31NO/c1-2-12-17-16(14-10-11-14)9-5-3-4-7-15-8-6-13-18-15/h14-17H,2-13H2,1H3. The van der Waals surface area contributed by atoms with Gasteiger partial charge in [-0.15, -0.1) is 0 Å². The molecule has 0 aromatic rings. The largest absolute Gasteiger partial charge is 0.378 e. The monoisotopic (exact) mass is 253 g/mol. The van der Waals surface area contributed by atoms with Gasteiger partial charge >= 0.3 is 0 Å². The summed E-state index contributed by atoms with van der Waals surface area (Å²) in [6, 6.07) is 0.827. The topological polar surface area (TPSA) is 21.3 Å². The van der Waals surface area contributed by atoms with Crippen LogP contribution in [0.3, 0.4) is 0 Å². The molecule has 0 radical (unpaired) electrons. The Morgan fingerprint density at radius 3 is 2.72 bits per heavy atom. The van der Waals surface area contributed by atoms with E-state index in [9.17, 15) is 0 Å². The molecule has 0 aromatic heterocycles. The van der Waals surface area contributed by atoms with Crippen molar-refractivity contribution in [2.24, 2.45) is 5.92 Å². The second-order valence-corrected chi connectivity index (χ2v) is 6.17. The zero-order chi connectivity index (χ0) is 12.6. The van der Waals surface area contributed by atoms with E-state index in [1.807, 2.05) is 0 Å². The van der Waals surface area contributed by atoms with Gasteiger partial charge < -0.3 is 10.1 Å². The van der Waals surface area contributed by atoms with Gasteiger partial charge in [0.05, 0.1) is 6.10 Å². The number of hydrogen-bond acceptors (Lipinski definition) is 2. The number of nitrogens with one attached hydrogen (secondary N) is 1. The van der Waals surface area contributed by atoms with E-state index in [1.165, 1.54) is 70.8 Å². The molecule has 106 valence electrons. The van der Waals surface area contributed by atoms with Crippen molar-refractivity contribution in [2.75, 3.05) is 13.2 Å². The van der Waals surface area contributed by atoms with E-state index >= 15 is 0 Å². The molecule has 1 N–H and O–H groups in total. The smallest absolute Gasteiger partial charge is 0.0576 e. The third-order valence-corrected chi connectivity index (χ3v) is 4.41. The van der Waals surface area contributed by atoms with Crippen molar-refractivity contribution in [2.45, 2.75) is 83.3 Å². The lowest BCUT2D eigenvalue weighted by molar-refractivity contribution is 0.102. The van der Waals surface area contributed by atoms with Crippen LogP contribution < -0.4 is 5.32 Å². The summed E-state index contributed by atoms with van der Waals surface area (Å²) in [5.41, 5.74) is 0. The quantitative estimate of drug-likeness (QED) is 0.596. The van der Waals surface area contributed by atoms with Gasteiger partial charge in [0, 0.05) is 12.6 Å². The van der Waals surface area contributed by atoms with Crippen LogP contribution in [0.1, 0.15) is 71.1 Å². The molecule has 1 aliphatic heterocycles. The van der Waals surface area contributed by atoms with E-state index < -0.39 is 0 Å². The third kappa shape index (κ3) is 5.27. The van der Waals surface area contributed by atoms with Crippen LogP contribution in [0.2, 0.25) is 0 Å². The number of hydrogen-bond donors (Lipinski definition) is 1. The Bertz CT molecular complexity index is 209. The molecule has 2 fully saturated rings. The fourth-order valence-electron chi connectivity index (χ4n) is 3.12. The molecule has 1 saturated carbocycles. The van der Waals surface area contributed by atoms with Crippen molar-refractivity contribution in [1.82, 2.24) is 5.32 Å². The average molecular weight is 253 g/mol. The minimum atomic E-state index is 0.599. The highest BCUT2D eigenvalue weighted by Crippen LogP contribution is 2.34. The molecule has 2 rings (SSSR count). The predicted molar refractivity (Wildman–Crippen MR) is 76.9 cm³/mol. The molecule has 1 aliphatic carbocycles. The molecule has 18 heavy (non-hydrogen) atoms. The van der Waals surface area contributed by atoms with Gasteiger partial charge in [-0.05, 0) is 57.4 Å². The number of ether oxygens (including phenoxy) is 1. The third-order valence-electron chi connectivity index (χ3n) is 4.41. The maximum Gasteiger partial charge on any atom is 0.0576 e. The SMILES string of the molecule is CCCNC(CCCCCC1CCCO1)C1CC1. The summed E-state index contributed by atoms with van der Waals surface area (Å²) in [6.07, 6.45) is 14.3. The summed E-state index contributed by atoms with van der Waals surface area (Å²) < 4.78 is 5.67. The van der Waals surface area contributed by atoms with Crippen LogP contribution in [0.5, 0.6) is 0 Å². The van der Waals surface area contributed by atoms with Crippen LogP contribution in [-0.2, 0) is 4.74 Å². The lowest BCUT2D eigenvalue weighted by Gasteiger charge is -2.18. The Morgan fingerprint density at radius 2 is 2.06 bits per heavy atom. The van der Waals surface area contributed by atoms with Crippen molar-refractivity contribution < 1.29 is 4.74 Å². The first kappa shape index (κ1) is 14.3. The van der Waals surface area contributed by atoms with Gasteiger partial charge in [-0.2, -0.15) is 0 Å². The Labute approximate surface area is 113 Å². The maximum absolute atomic E-state index is 5.67. The van der Waals surface area contributed by atoms with Crippen molar-refractivity contribution in [3.05, 3.63) is 0 Å². The summed E-state index contributed by atoms with van der Waals surface area (Å²) >= 11 is 0. The number of rotatable bonds is 10. The fourth-order valence-corrected chi connectivity index (χ4v) is 3.12. The van der Waals surface area contributed by atoms with E-state index in [2.05, 4.69) is 12.2 Å². The molecule has 2 heteroatoms. The molecule has 2 nitrogen and oxygen atoms in total. The summed E-state index contributed by atoms with van der Waals surface area (Å²) in [5.74, 6) is 1.01. The second kappa shape index (κ2) is 8.16. The van der Waals surface area contributed by atoms with Crippen molar-refractivity contribution in [3.63, 3.8) is 0 Å². The van der Waals surface area contributed by atoms with Gasteiger partial charge in [0.1, 0.15) is 0 Å². The highest BCUT2D eigenvalue weighted by Gasteiger charge is 2.29. The second-order valence-electron chi connectivity index (χ2n) is 6.17. The average Bonchev–Trinajstić information content (AvgIpc) is 3.10. The van der Waals surface area contributed by atoms with Crippen molar-refractivity contribution in [1.29, 1.82) is 0 Å². The van der Waals surface area contributed by atoms with E-state index in [0.29, 0.717) is 6.10 Å². The zero-order valence-corrected chi connectivity index (χ0v) is 12.1. The molecule has 2 unspecified atom stereocenters. The van der Waals surface area contributed by atoms with Gasteiger partial charge in [-0.1, -0.05) is 26.2 Å². The van der Waals surface area contributed by atoms with Crippen LogP contribution >= 0.6 is 0 Å². The lowest BCUT2D eigenvalue weighted by Crippen LogP contribution is -2.31. The zero-order valence-electron chi connectivity index (χ0n) is 12.1. The molecule has 2 atom stereocenters. The highest BCUT2D eigenvalue weighted by molar-refractivity contribution is 4.86. The van der Waals surface area contributed by atoms with E-state index in [-0.39, 0.29) is 0 Å². The minimum Gasteiger partial charge on any atom is -0.378 e. The first-order chi connectivity index (χ1) is 8.90. The predicted octanol–water partition coefficient (Wildman–Crippen LogP) is 3.89. The van der Waals surface area contributed by atoms with Gasteiger partial charge in [0.15, 0.2) is 0 Å². The minimum absolute atomic E-state index is 0.599. The molecule has 0 aromatic carbocycles. The normalized spacial score (nSPS) is 25.5. The molecule has 2 aliphatic rings. The highest BCUT2D eigenvalue weighted by atomic mass is 16.5. The summed E-state index contributed by atoms with van der Waals surface area (Å²) in [4.78, 5) is 0. The Hall–Kier alpha value is -0.0800. The number of unbranched alkanes of at least 4 members (excludes halogenated alkanes) is 2. The molecule has 1 saturated heterocycles. The Balaban J connectivity index is 1.47. The fraction of sp³-hybridized carbons (Fsp3) is 1.00. The van der Waals surface area contributed by atoms with Crippen molar-refractivity contribution >= 4 is 0 Å². The summed E-state index contributed by atoms with van der Waals surface area (Å²) in [6.45, 7) is 4.48. The molecular formula is C16H31NO. The van der Waals surface area contributed by atoms with Gasteiger partial charge in [0.2, 0.25) is 0 Å². The molecule has 0 bridgehead atoms. The molecular weight excluding hydrogens is 222 g/mol. The molecule has 0 spiro atoms. The lowest BCUT2D eigenvalue weighted by atomic mass is 10.0.